The fourth-order valence-corrected chi connectivity index (χ4v) is 1.61. The molecular formula is C15H22N2O3. The molecule has 0 spiro atoms. The van der Waals surface area contributed by atoms with Gasteiger partial charge in [0.1, 0.15) is 0 Å². The van der Waals surface area contributed by atoms with Gasteiger partial charge in [-0.1, -0.05) is 13.3 Å². The number of unbranched alkanes of at least 4 members (excludes halogenated alkanes) is 1. The van der Waals surface area contributed by atoms with Crippen LogP contribution in [0.2, 0.25) is 0 Å². The standard InChI is InChI=1S/C15H22N2O3/c1-4-6-7-15(18)17-16-11-12-8-9-13(20-5-2)14(10-12)19-3/h8-11H,4-7H2,1-3H3,(H,17,18)/b16-11+. The number of carbonyl (C=O) groups excluding carboxylic acids is 1. The van der Waals surface area contributed by atoms with Crippen LogP contribution in [0.1, 0.15) is 38.7 Å². The fourth-order valence-electron chi connectivity index (χ4n) is 1.61. The van der Waals surface area contributed by atoms with E-state index in [1.807, 2.05) is 32.0 Å². The van der Waals surface area contributed by atoms with Gasteiger partial charge < -0.3 is 9.47 Å². The lowest BCUT2D eigenvalue weighted by Gasteiger charge is -2.09. The van der Waals surface area contributed by atoms with Crippen LogP contribution in [-0.2, 0) is 4.79 Å². The average Bonchev–Trinajstić information content (AvgIpc) is 2.46. The summed E-state index contributed by atoms with van der Waals surface area (Å²) in [6.45, 7) is 4.54. The summed E-state index contributed by atoms with van der Waals surface area (Å²) in [7, 11) is 1.59. The Morgan fingerprint density at radius 1 is 1.35 bits per heavy atom. The third-order valence-corrected chi connectivity index (χ3v) is 2.65. The molecule has 0 radical (unpaired) electrons. The third kappa shape index (κ3) is 5.30. The summed E-state index contributed by atoms with van der Waals surface area (Å²) >= 11 is 0. The van der Waals surface area contributed by atoms with E-state index in [1.165, 1.54) is 0 Å². The van der Waals surface area contributed by atoms with Gasteiger partial charge in [0.15, 0.2) is 11.5 Å². The predicted octanol–water partition coefficient (Wildman–Crippen LogP) is 2.73. The average molecular weight is 278 g/mol. The highest BCUT2D eigenvalue weighted by molar-refractivity contribution is 5.83. The highest BCUT2D eigenvalue weighted by Crippen LogP contribution is 2.27. The fraction of sp³-hybridized carbons (Fsp3) is 0.467. The van der Waals surface area contributed by atoms with Crippen molar-refractivity contribution in [2.75, 3.05) is 13.7 Å². The van der Waals surface area contributed by atoms with Crippen LogP contribution in [0.4, 0.5) is 0 Å². The zero-order chi connectivity index (χ0) is 14.8. The third-order valence-electron chi connectivity index (χ3n) is 2.65. The monoisotopic (exact) mass is 278 g/mol. The number of rotatable bonds is 8. The molecule has 1 N–H and O–H groups in total. The van der Waals surface area contributed by atoms with Crippen LogP contribution in [0.25, 0.3) is 0 Å². The zero-order valence-corrected chi connectivity index (χ0v) is 12.3. The van der Waals surface area contributed by atoms with Crippen molar-refractivity contribution < 1.29 is 14.3 Å². The first-order chi connectivity index (χ1) is 9.71. The molecule has 110 valence electrons. The van der Waals surface area contributed by atoms with E-state index < -0.39 is 0 Å². The topological polar surface area (TPSA) is 59.9 Å². The number of methoxy groups -OCH3 is 1. The molecule has 0 aliphatic rings. The van der Waals surface area contributed by atoms with Crippen molar-refractivity contribution >= 4 is 12.1 Å². The van der Waals surface area contributed by atoms with Crippen molar-refractivity contribution in [2.45, 2.75) is 33.1 Å². The SMILES string of the molecule is CCCCC(=O)N/N=C/c1ccc(OCC)c(OC)c1. The molecule has 0 aliphatic carbocycles. The molecule has 5 heteroatoms. The second kappa shape index (κ2) is 8.96. The number of hydrogen-bond acceptors (Lipinski definition) is 4. The molecule has 0 saturated carbocycles. The number of benzene rings is 1. The van der Waals surface area contributed by atoms with Crippen molar-refractivity contribution in [3.63, 3.8) is 0 Å². The second-order valence-electron chi connectivity index (χ2n) is 4.24. The lowest BCUT2D eigenvalue weighted by Crippen LogP contribution is -2.16. The number of amides is 1. The summed E-state index contributed by atoms with van der Waals surface area (Å²) < 4.78 is 10.7. The molecule has 0 saturated heterocycles. The zero-order valence-electron chi connectivity index (χ0n) is 12.3. The molecule has 0 atom stereocenters. The number of hydrogen-bond donors (Lipinski definition) is 1. The van der Waals surface area contributed by atoms with Gasteiger partial charge in [0.05, 0.1) is 19.9 Å². The van der Waals surface area contributed by atoms with E-state index in [4.69, 9.17) is 9.47 Å². The molecule has 0 heterocycles. The van der Waals surface area contributed by atoms with Crippen molar-refractivity contribution in [3.8, 4) is 11.5 Å². The van der Waals surface area contributed by atoms with Crippen molar-refractivity contribution in [2.24, 2.45) is 5.10 Å². The lowest BCUT2D eigenvalue weighted by molar-refractivity contribution is -0.121. The van der Waals surface area contributed by atoms with Crippen LogP contribution in [0.3, 0.4) is 0 Å². The van der Waals surface area contributed by atoms with Crippen LogP contribution in [0.15, 0.2) is 23.3 Å². The maximum atomic E-state index is 11.4. The molecule has 0 fully saturated rings. The molecule has 1 rings (SSSR count). The molecule has 0 bridgehead atoms. The number of nitrogens with zero attached hydrogens (tertiary/aromatic N) is 1. The van der Waals surface area contributed by atoms with Crippen LogP contribution in [-0.4, -0.2) is 25.8 Å². The Bertz CT molecular complexity index is 458. The molecular weight excluding hydrogens is 256 g/mol. The summed E-state index contributed by atoms with van der Waals surface area (Å²) in [6.07, 6.45) is 3.95. The van der Waals surface area contributed by atoms with Gasteiger partial charge in [0, 0.05) is 6.42 Å². The molecule has 20 heavy (non-hydrogen) atoms. The summed E-state index contributed by atoms with van der Waals surface area (Å²) in [4.78, 5) is 11.4. The number of hydrazone groups is 1. The van der Waals surface area contributed by atoms with E-state index in [0.717, 1.165) is 18.4 Å². The highest BCUT2D eigenvalue weighted by atomic mass is 16.5. The van der Waals surface area contributed by atoms with E-state index in [-0.39, 0.29) is 5.91 Å². The molecule has 0 unspecified atom stereocenters. The van der Waals surface area contributed by atoms with E-state index in [2.05, 4.69) is 10.5 Å². The summed E-state index contributed by atoms with van der Waals surface area (Å²) in [5.41, 5.74) is 3.34. The molecule has 0 aliphatic heterocycles. The summed E-state index contributed by atoms with van der Waals surface area (Å²) in [5, 5.41) is 3.92. The molecule has 0 aromatic heterocycles. The van der Waals surface area contributed by atoms with Crippen molar-refractivity contribution in [3.05, 3.63) is 23.8 Å². The molecule has 1 aromatic rings. The minimum atomic E-state index is -0.0685. The van der Waals surface area contributed by atoms with Crippen LogP contribution < -0.4 is 14.9 Å². The Morgan fingerprint density at radius 2 is 2.15 bits per heavy atom. The smallest absolute Gasteiger partial charge is 0.240 e. The molecule has 1 aromatic carbocycles. The van der Waals surface area contributed by atoms with Crippen LogP contribution in [0.5, 0.6) is 11.5 Å². The maximum Gasteiger partial charge on any atom is 0.240 e. The van der Waals surface area contributed by atoms with Gasteiger partial charge in [0.25, 0.3) is 0 Å². The Labute approximate surface area is 120 Å². The van der Waals surface area contributed by atoms with Gasteiger partial charge in [0.2, 0.25) is 5.91 Å². The van der Waals surface area contributed by atoms with Gasteiger partial charge in [-0.2, -0.15) is 5.10 Å². The van der Waals surface area contributed by atoms with E-state index >= 15 is 0 Å². The van der Waals surface area contributed by atoms with Gasteiger partial charge >= 0.3 is 0 Å². The first-order valence-corrected chi connectivity index (χ1v) is 6.84. The number of carbonyl (C=O) groups is 1. The Hall–Kier alpha value is -2.04. The lowest BCUT2D eigenvalue weighted by atomic mass is 10.2. The minimum absolute atomic E-state index is 0.0685. The van der Waals surface area contributed by atoms with E-state index in [0.29, 0.717) is 24.5 Å². The molecule has 5 nitrogen and oxygen atoms in total. The number of ether oxygens (including phenoxy) is 2. The first-order valence-electron chi connectivity index (χ1n) is 6.84. The van der Waals surface area contributed by atoms with Crippen molar-refractivity contribution in [1.82, 2.24) is 5.43 Å². The Balaban J connectivity index is 2.61. The number of nitrogens with one attached hydrogen (secondary N) is 1. The predicted molar refractivity (Wildman–Crippen MR) is 79.4 cm³/mol. The van der Waals surface area contributed by atoms with Crippen LogP contribution in [0, 0.1) is 0 Å². The van der Waals surface area contributed by atoms with Crippen molar-refractivity contribution in [1.29, 1.82) is 0 Å². The second-order valence-corrected chi connectivity index (χ2v) is 4.24. The normalized spacial score (nSPS) is 10.6. The van der Waals surface area contributed by atoms with Crippen LogP contribution >= 0.6 is 0 Å². The molecule has 1 amide bonds. The highest BCUT2D eigenvalue weighted by Gasteiger charge is 2.04. The largest absolute Gasteiger partial charge is 0.493 e. The summed E-state index contributed by atoms with van der Waals surface area (Å²) in [6, 6.07) is 5.49. The maximum absolute atomic E-state index is 11.4. The Morgan fingerprint density at radius 3 is 2.80 bits per heavy atom. The Kier molecular flexibility index (Phi) is 7.17. The quantitative estimate of drug-likeness (QED) is 0.587. The van der Waals surface area contributed by atoms with E-state index in [1.54, 1.807) is 13.3 Å². The minimum Gasteiger partial charge on any atom is -0.493 e. The van der Waals surface area contributed by atoms with Gasteiger partial charge in [-0.3, -0.25) is 4.79 Å². The van der Waals surface area contributed by atoms with Gasteiger partial charge in [-0.15, -0.1) is 0 Å². The van der Waals surface area contributed by atoms with Gasteiger partial charge in [-0.25, -0.2) is 5.43 Å². The van der Waals surface area contributed by atoms with Gasteiger partial charge in [-0.05, 0) is 37.1 Å². The first kappa shape index (κ1) is 16.0. The summed E-state index contributed by atoms with van der Waals surface area (Å²) in [5.74, 6) is 1.27. The van der Waals surface area contributed by atoms with E-state index in [9.17, 15) is 4.79 Å².